The van der Waals surface area contributed by atoms with Crippen LogP contribution < -0.4 is 14.8 Å². The number of hydrogen-bond acceptors (Lipinski definition) is 6. The lowest BCUT2D eigenvalue weighted by atomic mass is 10.2. The van der Waals surface area contributed by atoms with Crippen molar-refractivity contribution in [2.24, 2.45) is 5.10 Å². The van der Waals surface area contributed by atoms with E-state index >= 15 is 0 Å². The summed E-state index contributed by atoms with van der Waals surface area (Å²) in [7, 11) is 1.54. The number of hydrogen-bond donors (Lipinski definition) is 1. The number of aromatic nitrogens is 3. The van der Waals surface area contributed by atoms with Gasteiger partial charge in [0.15, 0.2) is 23.9 Å². The van der Waals surface area contributed by atoms with E-state index in [1.54, 1.807) is 36.5 Å². The first-order valence-corrected chi connectivity index (χ1v) is 8.78. The number of carbonyl (C=O) groups excluding carboxylic acids is 1. The molecule has 0 atom stereocenters. The molecule has 0 aliphatic heterocycles. The molecule has 28 heavy (non-hydrogen) atoms. The highest BCUT2D eigenvalue weighted by Gasteiger charge is 2.09. The fraction of sp³-hybridized carbons (Fsp3) is 0.200. The minimum Gasteiger partial charge on any atom is -0.493 e. The van der Waals surface area contributed by atoms with Crippen LogP contribution in [0.3, 0.4) is 0 Å². The third-order valence-electron chi connectivity index (χ3n) is 3.81. The quantitative estimate of drug-likeness (QED) is 0.607. The number of ether oxygens (including phenoxy) is 2. The van der Waals surface area contributed by atoms with Crippen molar-refractivity contribution in [1.82, 2.24) is 20.2 Å². The van der Waals surface area contributed by atoms with Crippen LogP contribution >= 0.6 is 0 Å². The Labute approximate surface area is 162 Å². The maximum absolute atomic E-state index is 11.6. The van der Waals surface area contributed by atoms with Crippen molar-refractivity contribution in [2.45, 2.75) is 6.92 Å². The molecule has 0 unspecified atom stereocenters. The molecule has 0 aliphatic rings. The zero-order chi connectivity index (χ0) is 19.8. The van der Waals surface area contributed by atoms with Gasteiger partial charge in [-0.15, -0.1) is 10.2 Å². The molecule has 0 saturated carbocycles. The van der Waals surface area contributed by atoms with E-state index in [4.69, 9.17) is 9.47 Å². The van der Waals surface area contributed by atoms with E-state index < -0.39 is 0 Å². The summed E-state index contributed by atoms with van der Waals surface area (Å²) in [5, 5.41) is 15.2. The molecule has 3 rings (SSSR count). The van der Waals surface area contributed by atoms with Gasteiger partial charge < -0.3 is 14.8 Å². The third kappa shape index (κ3) is 4.73. The fourth-order valence-electron chi connectivity index (χ4n) is 2.50. The van der Waals surface area contributed by atoms with Gasteiger partial charge in [-0.1, -0.05) is 30.3 Å². The van der Waals surface area contributed by atoms with Gasteiger partial charge in [-0.25, -0.2) is 0 Å². The number of rotatable bonds is 8. The van der Waals surface area contributed by atoms with Crippen LogP contribution in [0, 0.1) is 0 Å². The Kier molecular flexibility index (Phi) is 6.35. The van der Waals surface area contributed by atoms with Gasteiger partial charge in [0.1, 0.15) is 6.33 Å². The number of carbonyl (C=O) groups is 1. The lowest BCUT2D eigenvalue weighted by Gasteiger charge is -2.11. The Morgan fingerprint density at radius 2 is 2.04 bits per heavy atom. The first-order chi connectivity index (χ1) is 13.7. The van der Waals surface area contributed by atoms with E-state index in [1.807, 2.05) is 43.3 Å². The molecule has 1 N–H and O–H groups in total. The van der Waals surface area contributed by atoms with E-state index in [0.29, 0.717) is 23.9 Å². The molecular formula is C20H21N5O3. The van der Waals surface area contributed by atoms with Crippen LogP contribution in [-0.4, -0.2) is 47.3 Å². The summed E-state index contributed by atoms with van der Waals surface area (Å²) in [6, 6.07) is 15.0. The maximum atomic E-state index is 11.6. The molecule has 1 heterocycles. The third-order valence-corrected chi connectivity index (χ3v) is 3.81. The number of benzene rings is 2. The van der Waals surface area contributed by atoms with Gasteiger partial charge >= 0.3 is 0 Å². The molecule has 2 aromatic carbocycles. The number of nitrogens with one attached hydrogen (secondary N) is 1. The zero-order valence-corrected chi connectivity index (χ0v) is 15.7. The number of methoxy groups -OCH3 is 1. The van der Waals surface area contributed by atoms with Crippen molar-refractivity contribution < 1.29 is 14.3 Å². The van der Waals surface area contributed by atoms with Gasteiger partial charge in [-0.3, -0.25) is 4.79 Å². The van der Waals surface area contributed by atoms with Gasteiger partial charge in [0.25, 0.3) is 5.91 Å². The minimum atomic E-state index is -0.184. The van der Waals surface area contributed by atoms with Crippen molar-refractivity contribution in [3.8, 4) is 22.9 Å². The predicted octanol–water partition coefficient (Wildman–Crippen LogP) is 2.35. The highest BCUT2D eigenvalue weighted by molar-refractivity contribution is 5.81. The zero-order valence-electron chi connectivity index (χ0n) is 15.7. The molecule has 0 aliphatic carbocycles. The molecular weight excluding hydrogens is 358 g/mol. The van der Waals surface area contributed by atoms with Gasteiger partial charge in [0.2, 0.25) is 0 Å². The average molecular weight is 379 g/mol. The van der Waals surface area contributed by atoms with Crippen LogP contribution in [0.1, 0.15) is 12.5 Å². The summed E-state index contributed by atoms with van der Waals surface area (Å²) in [6.45, 7) is 2.34. The van der Waals surface area contributed by atoms with Gasteiger partial charge in [-0.05, 0) is 30.7 Å². The molecule has 0 bridgehead atoms. The van der Waals surface area contributed by atoms with Crippen molar-refractivity contribution >= 4 is 12.1 Å². The Morgan fingerprint density at radius 1 is 1.21 bits per heavy atom. The molecule has 0 spiro atoms. The Morgan fingerprint density at radius 3 is 2.79 bits per heavy atom. The number of nitrogens with zero attached hydrogens (tertiary/aromatic N) is 4. The Bertz CT molecular complexity index is 953. The molecule has 144 valence electrons. The second kappa shape index (κ2) is 9.31. The monoisotopic (exact) mass is 379 g/mol. The van der Waals surface area contributed by atoms with Crippen LogP contribution in [0.5, 0.6) is 11.5 Å². The summed E-state index contributed by atoms with van der Waals surface area (Å²) in [4.78, 5) is 11.6. The van der Waals surface area contributed by atoms with Gasteiger partial charge in [-0.2, -0.15) is 9.78 Å². The largest absolute Gasteiger partial charge is 0.493 e. The van der Waals surface area contributed by atoms with E-state index in [9.17, 15) is 4.79 Å². The molecule has 1 amide bonds. The molecule has 0 fully saturated rings. The molecule has 3 aromatic rings. The summed E-state index contributed by atoms with van der Waals surface area (Å²) in [6.07, 6.45) is 3.21. The van der Waals surface area contributed by atoms with Crippen molar-refractivity contribution in [1.29, 1.82) is 0 Å². The van der Waals surface area contributed by atoms with Crippen LogP contribution in [0.2, 0.25) is 0 Å². The van der Waals surface area contributed by atoms with E-state index in [-0.39, 0.29) is 12.5 Å². The molecule has 1 aromatic heterocycles. The Balaban J connectivity index is 1.75. The van der Waals surface area contributed by atoms with Crippen molar-refractivity contribution in [3.63, 3.8) is 0 Å². The number of likely N-dealkylation sites (N-methyl/N-ethyl adjacent to an activating group) is 1. The summed E-state index contributed by atoms with van der Waals surface area (Å²) >= 11 is 0. The molecule has 0 radical (unpaired) electrons. The predicted molar refractivity (Wildman–Crippen MR) is 106 cm³/mol. The lowest BCUT2D eigenvalue weighted by Crippen LogP contribution is -2.28. The van der Waals surface area contributed by atoms with E-state index in [0.717, 1.165) is 11.1 Å². The topological polar surface area (TPSA) is 90.6 Å². The SMILES string of the molecule is CCNC(=O)COc1ccc(/C=N\n2cnnc2-c2ccccc2)cc1OC. The number of amides is 1. The molecule has 8 heteroatoms. The Hall–Kier alpha value is -3.68. The fourth-order valence-corrected chi connectivity index (χ4v) is 2.50. The summed E-state index contributed by atoms with van der Waals surface area (Å²) in [5.74, 6) is 1.46. The van der Waals surface area contributed by atoms with Crippen LogP contribution in [0.15, 0.2) is 60.0 Å². The second-order valence-electron chi connectivity index (χ2n) is 5.76. The van der Waals surface area contributed by atoms with Gasteiger partial charge in [0, 0.05) is 12.1 Å². The van der Waals surface area contributed by atoms with Crippen LogP contribution in [-0.2, 0) is 4.79 Å². The summed E-state index contributed by atoms with van der Waals surface area (Å²) < 4.78 is 12.5. The molecule has 8 nitrogen and oxygen atoms in total. The maximum Gasteiger partial charge on any atom is 0.257 e. The highest BCUT2D eigenvalue weighted by Crippen LogP contribution is 2.27. The van der Waals surface area contributed by atoms with Crippen LogP contribution in [0.4, 0.5) is 0 Å². The lowest BCUT2D eigenvalue weighted by molar-refractivity contribution is -0.123. The van der Waals surface area contributed by atoms with Crippen molar-refractivity contribution in [3.05, 3.63) is 60.4 Å². The molecule has 0 saturated heterocycles. The highest BCUT2D eigenvalue weighted by atomic mass is 16.5. The summed E-state index contributed by atoms with van der Waals surface area (Å²) in [5.41, 5.74) is 1.72. The van der Waals surface area contributed by atoms with Crippen molar-refractivity contribution in [2.75, 3.05) is 20.3 Å². The van der Waals surface area contributed by atoms with Crippen LogP contribution in [0.25, 0.3) is 11.4 Å². The smallest absolute Gasteiger partial charge is 0.257 e. The van der Waals surface area contributed by atoms with Gasteiger partial charge in [0.05, 0.1) is 13.3 Å². The average Bonchev–Trinajstić information content (AvgIpc) is 3.20. The minimum absolute atomic E-state index is 0.0707. The second-order valence-corrected chi connectivity index (χ2v) is 5.76. The standard InChI is InChI=1S/C20H21N5O3/c1-3-21-19(26)13-28-17-10-9-15(11-18(17)27-2)12-23-25-14-22-24-20(25)16-7-5-4-6-8-16/h4-12,14H,3,13H2,1-2H3,(H,21,26)/b23-12-. The van der Waals surface area contributed by atoms with E-state index in [2.05, 4.69) is 20.6 Å². The first kappa shape index (κ1) is 19.1. The van der Waals surface area contributed by atoms with E-state index in [1.165, 1.54) is 0 Å². The first-order valence-electron chi connectivity index (χ1n) is 8.78. The normalized spacial score (nSPS) is 10.8.